The summed E-state index contributed by atoms with van der Waals surface area (Å²) < 4.78 is 5.11. The van der Waals surface area contributed by atoms with Crippen LogP contribution in [0.5, 0.6) is 0 Å². The molecule has 1 fully saturated rings. The van der Waals surface area contributed by atoms with Gasteiger partial charge in [-0.25, -0.2) is 9.97 Å². The fourth-order valence-electron chi connectivity index (χ4n) is 1.72. The van der Waals surface area contributed by atoms with Gasteiger partial charge in [-0.3, -0.25) is 0 Å². The highest BCUT2D eigenvalue weighted by Crippen LogP contribution is 2.48. The van der Waals surface area contributed by atoms with Crippen LogP contribution >= 0.6 is 11.6 Å². The van der Waals surface area contributed by atoms with Gasteiger partial charge in [-0.15, -0.1) is 0 Å². The van der Waals surface area contributed by atoms with Gasteiger partial charge in [-0.05, 0) is 24.7 Å². The highest BCUT2D eigenvalue weighted by molar-refractivity contribution is 6.31. The van der Waals surface area contributed by atoms with Crippen molar-refractivity contribution in [3.05, 3.63) is 17.5 Å². The molecule has 5 heteroatoms. The number of halogens is 1. The fourth-order valence-corrected chi connectivity index (χ4v) is 1.89. The smallest absolute Gasteiger partial charge is 0.171 e. The van der Waals surface area contributed by atoms with Gasteiger partial charge in [0.1, 0.15) is 0 Å². The SMILES string of the molecule is COCCC1(CNc2nccnc2Cl)CC1. The average molecular weight is 242 g/mol. The molecular weight excluding hydrogens is 226 g/mol. The molecule has 4 nitrogen and oxygen atoms in total. The van der Waals surface area contributed by atoms with E-state index in [-0.39, 0.29) is 0 Å². The molecule has 0 aliphatic heterocycles. The zero-order valence-corrected chi connectivity index (χ0v) is 10.1. The van der Waals surface area contributed by atoms with Gasteiger partial charge >= 0.3 is 0 Å². The Kier molecular flexibility index (Phi) is 3.61. The lowest BCUT2D eigenvalue weighted by atomic mass is 10.0. The normalized spacial score (nSPS) is 17.1. The minimum atomic E-state index is 0.386. The summed E-state index contributed by atoms with van der Waals surface area (Å²) in [7, 11) is 1.74. The quantitative estimate of drug-likeness (QED) is 0.831. The molecule has 0 saturated heterocycles. The second-order valence-electron chi connectivity index (χ2n) is 4.29. The van der Waals surface area contributed by atoms with Crippen LogP contribution in [0.1, 0.15) is 19.3 Å². The molecule has 1 saturated carbocycles. The number of nitrogens with one attached hydrogen (secondary N) is 1. The largest absolute Gasteiger partial charge is 0.385 e. The fraction of sp³-hybridized carbons (Fsp3) is 0.636. The lowest BCUT2D eigenvalue weighted by molar-refractivity contribution is 0.175. The molecule has 0 atom stereocenters. The summed E-state index contributed by atoms with van der Waals surface area (Å²) in [4.78, 5) is 8.13. The molecule has 0 unspecified atom stereocenters. The van der Waals surface area contributed by atoms with E-state index < -0.39 is 0 Å². The number of rotatable bonds is 6. The molecule has 1 aliphatic carbocycles. The third-order valence-electron chi connectivity index (χ3n) is 3.08. The van der Waals surface area contributed by atoms with E-state index in [0.717, 1.165) is 19.6 Å². The molecule has 1 aromatic heterocycles. The van der Waals surface area contributed by atoms with Crippen LogP contribution in [-0.2, 0) is 4.74 Å². The van der Waals surface area contributed by atoms with Gasteiger partial charge in [-0.2, -0.15) is 0 Å². The first-order valence-corrected chi connectivity index (χ1v) is 5.83. The van der Waals surface area contributed by atoms with Crippen LogP contribution in [0.25, 0.3) is 0 Å². The molecule has 1 N–H and O–H groups in total. The molecule has 1 heterocycles. The van der Waals surface area contributed by atoms with E-state index in [9.17, 15) is 0 Å². The highest BCUT2D eigenvalue weighted by atomic mass is 35.5. The zero-order chi connectivity index (χ0) is 11.4. The second-order valence-corrected chi connectivity index (χ2v) is 4.65. The lowest BCUT2D eigenvalue weighted by Crippen LogP contribution is -2.18. The Morgan fingerprint density at radius 2 is 2.19 bits per heavy atom. The van der Waals surface area contributed by atoms with E-state index in [1.165, 1.54) is 12.8 Å². The van der Waals surface area contributed by atoms with Gasteiger partial charge in [0.25, 0.3) is 0 Å². The van der Waals surface area contributed by atoms with Crippen molar-refractivity contribution in [1.29, 1.82) is 0 Å². The Labute approximate surface area is 100 Å². The van der Waals surface area contributed by atoms with Crippen molar-refractivity contribution in [3.8, 4) is 0 Å². The first-order valence-electron chi connectivity index (χ1n) is 5.45. The van der Waals surface area contributed by atoms with Crippen LogP contribution in [-0.4, -0.2) is 30.2 Å². The van der Waals surface area contributed by atoms with E-state index in [4.69, 9.17) is 16.3 Å². The van der Waals surface area contributed by atoms with Crippen LogP contribution in [0.15, 0.2) is 12.4 Å². The van der Waals surface area contributed by atoms with Crippen LogP contribution in [0.2, 0.25) is 5.15 Å². The number of methoxy groups -OCH3 is 1. The van der Waals surface area contributed by atoms with Crippen LogP contribution < -0.4 is 5.32 Å². The summed E-state index contributed by atoms with van der Waals surface area (Å²) in [5.74, 6) is 0.674. The predicted octanol–water partition coefficient (Wildman–Crippen LogP) is 2.36. The molecule has 16 heavy (non-hydrogen) atoms. The monoisotopic (exact) mass is 241 g/mol. The Morgan fingerprint density at radius 3 is 2.81 bits per heavy atom. The summed E-state index contributed by atoms with van der Waals surface area (Å²) in [5.41, 5.74) is 0.386. The maximum Gasteiger partial charge on any atom is 0.171 e. The molecule has 0 amide bonds. The highest BCUT2D eigenvalue weighted by Gasteiger charge is 2.41. The van der Waals surface area contributed by atoms with Crippen molar-refractivity contribution in [1.82, 2.24) is 9.97 Å². The third kappa shape index (κ3) is 2.83. The van der Waals surface area contributed by atoms with Crippen LogP contribution in [0, 0.1) is 5.41 Å². The van der Waals surface area contributed by atoms with Gasteiger partial charge in [0.05, 0.1) is 0 Å². The Balaban J connectivity index is 1.85. The molecule has 2 rings (SSSR count). The third-order valence-corrected chi connectivity index (χ3v) is 3.35. The number of aromatic nitrogens is 2. The first-order chi connectivity index (χ1) is 7.76. The second kappa shape index (κ2) is 4.97. The topological polar surface area (TPSA) is 47.0 Å². The molecule has 1 aliphatic rings. The molecule has 0 bridgehead atoms. The van der Waals surface area contributed by atoms with Crippen molar-refractivity contribution in [2.24, 2.45) is 5.41 Å². The molecular formula is C11H16ClN3O. The predicted molar refractivity (Wildman–Crippen MR) is 63.7 cm³/mol. The molecule has 0 spiro atoms. The Bertz CT molecular complexity index is 355. The number of hydrogen-bond donors (Lipinski definition) is 1. The van der Waals surface area contributed by atoms with Crippen molar-refractivity contribution < 1.29 is 4.74 Å². The average Bonchev–Trinajstić information content (AvgIpc) is 3.06. The van der Waals surface area contributed by atoms with E-state index in [0.29, 0.717) is 16.4 Å². The standard InChI is InChI=1S/C11H16ClN3O/c1-16-7-4-11(2-3-11)8-15-10-9(12)13-5-6-14-10/h5-6H,2-4,7-8H2,1H3,(H,14,15). The summed E-state index contributed by atoms with van der Waals surface area (Å²) in [6.07, 6.45) is 6.82. The van der Waals surface area contributed by atoms with E-state index >= 15 is 0 Å². The Hall–Kier alpha value is -0.870. The summed E-state index contributed by atoms with van der Waals surface area (Å²) in [6.45, 7) is 1.71. The minimum absolute atomic E-state index is 0.386. The maximum atomic E-state index is 5.92. The number of ether oxygens (including phenoxy) is 1. The van der Waals surface area contributed by atoms with E-state index in [2.05, 4.69) is 15.3 Å². The molecule has 88 valence electrons. The first kappa shape index (κ1) is 11.6. The van der Waals surface area contributed by atoms with Crippen molar-refractivity contribution in [2.75, 3.05) is 25.6 Å². The molecule has 0 radical (unpaired) electrons. The van der Waals surface area contributed by atoms with Crippen LogP contribution in [0.3, 0.4) is 0 Å². The summed E-state index contributed by atoms with van der Waals surface area (Å²) >= 11 is 5.92. The lowest BCUT2D eigenvalue weighted by Gasteiger charge is -2.15. The minimum Gasteiger partial charge on any atom is -0.385 e. The van der Waals surface area contributed by atoms with Crippen molar-refractivity contribution in [2.45, 2.75) is 19.3 Å². The van der Waals surface area contributed by atoms with Gasteiger partial charge in [-0.1, -0.05) is 11.6 Å². The number of anilines is 1. The summed E-state index contributed by atoms with van der Waals surface area (Å²) in [5, 5.41) is 3.70. The number of nitrogens with zero attached hydrogens (tertiary/aromatic N) is 2. The van der Waals surface area contributed by atoms with Crippen molar-refractivity contribution >= 4 is 17.4 Å². The van der Waals surface area contributed by atoms with Gasteiger partial charge in [0.15, 0.2) is 11.0 Å². The van der Waals surface area contributed by atoms with E-state index in [1.54, 1.807) is 19.5 Å². The van der Waals surface area contributed by atoms with Crippen LogP contribution in [0.4, 0.5) is 5.82 Å². The Morgan fingerprint density at radius 1 is 1.44 bits per heavy atom. The summed E-state index contributed by atoms with van der Waals surface area (Å²) in [6, 6.07) is 0. The number of hydrogen-bond acceptors (Lipinski definition) is 4. The van der Waals surface area contributed by atoms with Gasteiger partial charge < -0.3 is 10.1 Å². The molecule has 1 aromatic rings. The zero-order valence-electron chi connectivity index (χ0n) is 9.37. The van der Waals surface area contributed by atoms with Gasteiger partial charge in [0, 0.05) is 32.7 Å². The van der Waals surface area contributed by atoms with Crippen molar-refractivity contribution in [3.63, 3.8) is 0 Å². The van der Waals surface area contributed by atoms with Gasteiger partial charge in [0.2, 0.25) is 0 Å². The maximum absolute atomic E-state index is 5.92. The van der Waals surface area contributed by atoms with E-state index in [1.807, 2.05) is 0 Å². The molecule has 0 aromatic carbocycles.